The number of amides is 1. The van der Waals surface area contributed by atoms with E-state index in [-0.39, 0.29) is 21.8 Å². The number of carbonyl (C=O) groups excluding carboxylic acids is 1. The molecule has 7 nitrogen and oxygen atoms in total. The van der Waals surface area contributed by atoms with Gasteiger partial charge < -0.3 is 10.2 Å². The third kappa shape index (κ3) is 5.71. The molecule has 35 heavy (non-hydrogen) atoms. The Hall–Kier alpha value is -3.65. The van der Waals surface area contributed by atoms with E-state index in [2.05, 4.69) is 11.6 Å². The maximum atomic E-state index is 13.3. The molecule has 1 heterocycles. The number of unbranched alkanes of at least 4 members (excludes halogenated alkanes) is 2. The van der Waals surface area contributed by atoms with Crippen molar-refractivity contribution in [1.29, 1.82) is 0 Å². The lowest BCUT2D eigenvalue weighted by Gasteiger charge is -2.19. The summed E-state index contributed by atoms with van der Waals surface area (Å²) in [4.78, 5) is 16.9. The zero-order valence-corrected chi connectivity index (χ0v) is 20.9. The number of carbonyl (C=O) groups is 1. The molecule has 3 rings (SSSR count). The van der Waals surface area contributed by atoms with Crippen molar-refractivity contribution < 1.29 is 23.4 Å². The summed E-state index contributed by atoms with van der Waals surface area (Å²) in [5.41, 5.74) is 2.99. The second-order valence-electron chi connectivity index (χ2n) is 8.56. The van der Waals surface area contributed by atoms with E-state index >= 15 is 0 Å². The van der Waals surface area contributed by atoms with E-state index in [4.69, 9.17) is 0 Å². The number of aryl methyl sites for hydroxylation is 2. The van der Waals surface area contributed by atoms with Crippen LogP contribution in [0.15, 0.2) is 60.3 Å². The SMILES string of the molecule is C=C(C)c1ccc(C)cc1-c1c(O)cc(CCCCC)c(C(=O)NS(=O)(=O)c2cccnc2)c1O. The number of benzene rings is 2. The first-order valence-electron chi connectivity index (χ1n) is 11.4. The van der Waals surface area contributed by atoms with E-state index in [1.807, 2.05) is 30.7 Å². The molecule has 0 saturated heterocycles. The number of hydrogen-bond donors (Lipinski definition) is 3. The second kappa shape index (κ2) is 10.7. The lowest BCUT2D eigenvalue weighted by molar-refractivity contribution is 0.0978. The van der Waals surface area contributed by atoms with Crippen molar-refractivity contribution in [3.05, 3.63) is 77.6 Å². The van der Waals surface area contributed by atoms with E-state index in [1.54, 1.807) is 13.0 Å². The fourth-order valence-corrected chi connectivity index (χ4v) is 4.89. The van der Waals surface area contributed by atoms with E-state index < -0.39 is 21.7 Å². The maximum absolute atomic E-state index is 13.3. The molecule has 0 bridgehead atoms. The van der Waals surface area contributed by atoms with Gasteiger partial charge >= 0.3 is 0 Å². The number of aromatic hydroxyl groups is 2. The molecule has 2 aromatic carbocycles. The fraction of sp³-hybridized carbons (Fsp3) is 0.259. The van der Waals surface area contributed by atoms with Crippen LogP contribution < -0.4 is 4.72 Å². The fourth-order valence-electron chi connectivity index (χ4n) is 3.96. The zero-order valence-electron chi connectivity index (χ0n) is 20.1. The van der Waals surface area contributed by atoms with Crippen molar-refractivity contribution >= 4 is 21.5 Å². The molecule has 0 fully saturated rings. The Bertz CT molecular complexity index is 1370. The summed E-state index contributed by atoms with van der Waals surface area (Å²) in [7, 11) is -4.23. The lowest BCUT2D eigenvalue weighted by atomic mass is 9.89. The van der Waals surface area contributed by atoms with E-state index in [9.17, 15) is 23.4 Å². The summed E-state index contributed by atoms with van der Waals surface area (Å²) in [5, 5.41) is 22.3. The van der Waals surface area contributed by atoms with Crippen LogP contribution in [0.4, 0.5) is 0 Å². The Labute approximate surface area is 206 Å². The highest BCUT2D eigenvalue weighted by atomic mass is 32.2. The average Bonchev–Trinajstić information content (AvgIpc) is 2.79. The minimum Gasteiger partial charge on any atom is -0.507 e. The molecule has 0 unspecified atom stereocenters. The van der Waals surface area contributed by atoms with Crippen LogP contribution in [-0.2, 0) is 16.4 Å². The highest BCUT2D eigenvalue weighted by molar-refractivity contribution is 7.90. The van der Waals surface area contributed by atoms with Gasteiger partial charge in [-0.15, -0.1) is 0 Å². The number of phenolic OH excluding ortho intramolecular Hbond substituents is 2. The van der Waals surface area contributed by atoms with Crippen molar-refractivity contribution in [3.8, 4) is 22.6 Å². The number of hydrogen-bond acceptors (Lipinski definition) is 6. The van der Waals surface area contributed by atoms with Crippen LogP contribution in [0.25, 0.3) is 16.7 Å². The Morgan fingerprint density at radius 2 is 1.89 bits per heavy atom. The minimum atomic E-state index is -4.23. The Morgan fingerprint density at radius 1 is 1.14 bits per heavy atom. The monoisotopic (exact) mass is 494 g/mol. The molecule has 0 aliphatic rings. The molecule has 1 amide bonds. The number of aromatic nitrogens is 1. The second-order valence-corrected chi connectivity index (χ2v) is 10.2. The molecule has 184 valence electrons. The van der Waals surface area contributed by atoms with Crippen LogP contribution in [0.5, 0.6) is 11.5 Å². The standard InChI is InChI=1S/C27H30N2O5S/c1-5-6-7-9-19-15-23(30)25(22-14-18(4)11-12-21(22)17(2)3)26(31)24(19)27(32)29-35(33,34)20-10-8-13-28-16-20/h8,10-16,30-31H,2,5-7,9H2,1,3-4H3,(H,29,32). The van der Waals surface area contributed by atoms with E-state index in [0.29, 0.717) is 35.1 Å². The van der Waals surface area contributed by atoms with Crippen molar-refractivity contribution in [2.45, 2.75) is 51.3 Å². The molecule has 0 spiro atoms. The summed E-state index contributed by atoms with van der Waals surface area (Å²) < 4.78 is 27.6. The predicted octanol–water partition coefficient (Wildman–Crippen LogP) is 5.35. The largest absolute Gasteiger partial charge is 0.507 e. The first-order chi connectivity index (χ1) is 16.6. The van der Waals surface area contributed by atoms with Gasteiger partial charge in [0.2, 0.25) is 0 Å². The van der Waals surface area contributed by atoms with Crippen molar-refractivity contribution in [2.24, 2.45) is 0 Å². The number of sulfonamides is 1. The molecule has 8 heteroatoms. The van der Waals surface area contributed by atoms with Crippen LogP contribution in [0, 0.1) is 6.92 Å². The molecule has 0 radical (unpaired) electrons. The van der Waals surface area contributed by atoms with Crippen LogP contribution in [0.3, 0.4) is 0 Å². The van der Waals surface area contributed by atoms with Crippen molar-refractivity contribution in [2.75, 3.05) is 0 Å². The van der Waals surface area contributed by atoms with Gasteiger partial charge in [0.15, 0.2) is 0 Å². The Balaban J connectivity index is 2.20. The van der Waals surface area contributed by atoms with Gasteiger partial charge in [0.25, 0.3) is 15.9 Å². The summed E-state index contributed by atoms with van der Waals surface area (Å²) in [6.07, 6.45) is 5.43. The highest BCUT2D eigenvalue weighted by Crippen LogP contribution is 2.44. The normalized spacial score (nSPS) is 11.3. The Morgan fingerprint density at radius 3 is 2.51 bits per heavy atom. The topological polar surface area (TPSA) is 117 Å². The number of rotatable bonds is 9. The van der Waals surface area contributed by atoms with E-state index in [1.165, 1.54) is 24.4 Å². The summed E-state index contributed by atoms with van der Waals surface area (Å²) in [6, 6.07) is 9.69. The van der Waals surface area contributed by atoms with Gasteiger partial charge in [0.1, 0.15) is 16.4 Å². The zero-order chi connectivity index (χ0) is 25.8. The van der Waals surface area contributed by atoms with Gasteiger partial charge in [0, 0.05) is 12.4 Å². The van der Waals surface area contributed by atoms with Gasteiger partial charge in [0.05, 0.1) is 11.1 Å². The van der Waals surface area contributed by atoms with E-state index in [0.717, 1.165) is 24.6 Å². The van der Waals surface area contributed by atoms with Gasteiger partial charge in [-0.25, -0.2) is 13.1 Å². The number of nitrogens with one attached hydrogen (secondary N) is 1. The van der Waals surface area contributed by atoms with Crippen LogP contribution >= 0.6 is 0 Å². The first kappa shape index (κ1) is 26.0. The maximum Gasteiger partial charge on any atom is 0.269 e. The summed E-state index contributed by atoms with van der Waals surface area (Å²) >= 11 is 0. The summed E-state index contributed by atoms with van der Waals surface area (Å²) in [5.74, 6) is -1.67. The van der Waals surface area contributed by atoms with Crippen LogP contribution in [0.2, 0.25) is 0 Å². The molecular formula is C27H30N2O5S. The smallest absolute Gasteiger partial charge is 0.269 e. The molecule has 0 atom stereocenters. The third-order valence-corrected chi connectivity index (χ3v) is 7.03. The lowest BCUT2D eigenvalue weighted by Crippen LogP contribution is -2.31. The first-order valence-corrected chi connectivity index (χ1v) is 12.9. The Kier molecular flexibility index (Phi) is 7.96. The quantitative estimate of drug-likeness (QED) is 0.345. The van der Waals surface area contributed by atoms with Crippen LogP contribution in [-0.4, -0.2) is 29.5 Å². The molecule has 0 saturated carbocycles. The molecular weight excluding hydrogens is 464 g/mol. The van der Waals surface area contributed by atoms with Crippen LogP contribution in [0.1, 0.15) is 60.2 Å². The predicted molar refractivity (Wildman–Crippen MR) is 137 cm³/mol. The number of nitrogens with zero attached hydrogens (tertiary/aromatic N) is 1. The number of phenols is 2. The van der Waals surface area contributed by atoms with Crippen molar-refractivity contribution in [3.63, 3.8) is 0 Å². The van der Waals surface area contributed by atoms with Gasteiger partial charge in [-0.3, -0.25) is 9.78 Å². The van der Waals surface area contributed by atoms with Gasteiger partial charge in [-0.2, -0.15) is 0 Å². The van der Waals surface area contributed by atoms with Crippen molar-refractivity contribution in [1.82, 2.24) is 9.71 Å². The average molecular weight is 495 g/mol. The minimum absolute atomic E-state index is 0.0508. The van der Waals surface area contributed by atoms with Gasteiger partial charge in [-0.1, -0.05) is 55.7 Å². The van der Waals surface area contributed by atoms with Gasteiger partial charge in [-0.05, 0) is 61.6 Å². The molecule has 0 aliphatic carbocycles. The number of allylic oxidation sites excluding steroid dienone is 1. The third-order valence-electron chi connectivity index (χ3n) is 5.71. The molecule has 3 aromatic rings. The molecule has 0 aliphatic heterocycles. The molecule has 3 N–H and O–H groups in total. The highest BCUT2D eigenvalue weighted by Gasteiger charge is 2.28. The molecule has 1 aromatic heterocycles. The summed E-state index contributed by atoms with van der Waals surface area (Å²) in [6.45, 7) is 9.68. The number of pyridine rings is 1.